The van der Waals surface area contributed by atoms with Gasteiger partial charge >= 0.3 is 6.36 Å². The molecule has 0 radical (unpaired) electrons. The van der Waals surface area contributed by atoms with E-state index in [1.807, 2.05) is 6.07 Å². The van der Waals surface area contributed by atoms with Crippen LogP contribution in [0.25, 0.3) is 0 Å². The van der Waals surface area contributed by atoms with Crippen LogP contribution in [0.4, 0.5) is 19.1 Å². The number of likely N-dealkylation sites (tertiary alicyclic amines) is 1. The van der Waals surface area contributed by atoms with Gasteiger partial charge in [0.15, 0.2) is 0 Å². The number of ether oxygens (including phenoxy) is 1. The van der Waals surface area contributed by atoms with Crippen LogP contribution < -0.4 is 10.1 Å². The SMILES string of the molecule is O=C(c1cnc(NCc2cc(OC(F)(F)F)cc(C3CC3)c2)nc1)N1CCC1. The lowest BCUT2D eigenvalue weighted by Gasteiger charge is -2.30. The third-order valence-corrected chi connectivity index (χ3v) is 4.76. The zero-order valence-corrected chi connectivity index (χ0v) is 15.0. The molecule has 1 aromatic heterocycles. The average Bonchev–Trinajstić information content (AvgIpc) is 3.42. The van der Waals surface area contributed by atoms with E-state index in [4.69, 9.17) is 0 Å². The monoisotopic (exact) mass is 392 g/mol. The number of hydrogen-bond acceptors (Lipinski definition) is 5. The first kappa shape index (κ1) is 18.5. The Hall–Kier alpha value is -2.84. The van der Waals surface area contributed by atoms with Crippen LogP contribution >= 0.6 is 0 Å². The average molecular weight is 392 g/mol. The van der Waals surface area contributed by atoms with E-state index in [0.717, 1.165) is 37.9 Å². The summed E-state index contributed by atoms with van der Waals surface area (Å²) < 4.78 is 41.8. The van der Waals surface area contributed by atoms with Crippen LogP contribution in [0.3, 0.4) is 0 Å². The summed E-state index contributed by atoms with van der Waals surface area (Å²) in [5.41, 5.74) is 1.91. The number of halogens is 3. The predicted octanol–water partition coefficient (Wildman–Crippen LogP) is 3.71. The first-order valence-electron chi connectivity index (χ1n) is 9.12. The van der Waals surface area contributed by atoms with Crippen LogP contribution in [-0.2, 0) is 6.54 Å². The maximum atomic E-state index is 12.6. The molecule has 4 rings (SSSR count). The largest absolute Gasteiger partial charge is 0.573 e. The Balaban J connectivity index is 1.43. The fourth-order valence-electron chi connectivity index (χ4n) is 3.05. The minimum Gasteiger partial charge on any atom is -0.406 e. The summed E-state index contributed by atoms with van der Waals surface area (Å²) in [6, 6.07) is 4.67. The fraction of sp³-hybridized carbons (Fsp3) is 0.421. The summed E-state index contributed by atoms with van der Waals surface area (Å²) in [5.74, 6) is 0.280. The van der Waals surface area contributed by atoms with Gasteiger partial charge in [0, 0.05) is 32.0 Å². The number of rotatable bonds is 6. The molecule has 1 aliphatic carbocycles. The highest BCUT2D eigenvalue weighted by atomic mass is 19.4. The summed E-state index contributed by atoms with van der Waals surface area (Å²) in [6.45, 7) is 1.74. The number of alkyl halides is 3. The van der Waals surface area contributed by atoms with Crippen LogP contribution in [0.2, 0.25) is 0 Å². The summed E-state index contributed by atoms with van der Waals surface area (Å²) in [6.07, 6.45) is 1.13. The standard InChI is InChI=1S/C19H19F3N4O2/c20-19(21,22)28-16-7-12(6-14(8-16)13-2-3-13)9-23-18-24-10-15(11-25-18)17(27)26-4-1-5-26/h6-8,10-11,13H,1-5,9H2,(H,23,24,25). The second-order valence-electron chi connectivity index (χ2n) is 7.03. The van der Waals surface area contributed by atoms with Gasteiger partial charge in [0.05, 0.1) is 5.56 Å². The Kier molecular flexibility index (Phi) is 4.82. The van der Waals surface area contributed by atoms with Gasteiger partial charge in [-0.15, -0.1) is 13.2 Å². The third-order valence-electron chi connectivity index (χ3n) is 4.76. The molecule has 9 heteroatoms. The fourth-order valence-corrected chi connectivity index (χ4v) is 3.05. The molecule has 2 fully saturated rings. The van der Waals surface area contributed by atoms with Gasteiger partial charge in [0.25, 0.3) is 5.91 Å². The molecule has 1 aromatic carbocycles. The van der Waals surface area contributed by atoms with E-state index in [9.17, 15) is 18.0 Å². The molecule has 6 nitrogen and oxygen atoms in total. The second-order valence-corrected chi connectivity index (χ2v) is 7.03. The van der Waals surface area contributed by atoms with E-state index in [-0.39, 0.29) is 18.2 Å². The molecule has 1 aliphatic heterocycles. The quantitative estimate of drug-likeness (QED) is 0.812. The van der Waals surface area contributed by atoms with Crippen molar-refractivity contribution in [2.45, 2.75) is 38.1 Å². The van der Waals surface area contributed by atoms with E-state index in [1.165, 1.54) is 24.5 Å². The normalized spacial score (nSPS) is 16.5. The van der Waals surface area contributed by atoms with Crippen molar-refractivity contribution in [3.63, 3.8) is 0 Å². The highest BCUT2D eigenvalue weighted by Crippen LogP contribution is 2.42. The minimum absolute atomic E-state index is 0.0936. The molecule has 0 unspecified atom stereocenters. The van der Waals surface area contributed by atoms with Gasteiger partial charge in [-0.05, 0) is 48.4 Å². The van der Waals surface area contributed by atoms with Gasteiger partial charge in [-0.25, -0.2) is 9.97 Å². The first-order chi connectivity index (χ1) is 13.4. The molecule has 2 aliphatic rings. The van der Waals surface area contributed by atoms with E-state index < -0.39 is 6.36 Å². The van der Waals surface area contributed by atoms with Crippen LogP contribution in [0, 0.1) is 0 Å². The number of aromatic nitrogens is 2. The summed E-state index contributed by atoms with van der Waals surface area (Å²) in [5, 5.41) is 2.98. The van der Waals surface area contributed by atoms with Crippen LogP contribution in [0.15, 0.2) is 30.6 Å². The van der Waals surface area contributed by atoms with Gasteiger partial charge in [0.2, 0.25) is 5.95 Å². The predicted molar refractivity (Wildman–Crippen MR) is 95.0 cm³/mol. The van der Waals surface area contributed by atoms with E-state index in [2.05, 4.69) is 20.0 Å². The molecule has 28 heavy (non-hydrogen) atoms. The van der Waals surface area contributed by atoms with Crippen molar-refractivity contribution in [3.05, 3.63) is 47.3 Å². The Morgan fingerprint density at radius 3 is 2.46 bits per heavy atom. The molecule has 1 saturated carbocycles. The van der Waals surface area contributed by atoms with Crippen molar-refractivity contribution in [1.29, 1.82) is 0 Å². The molecule has 0 spiro atoms. The van der Waals surface area contributed by atoms with Crippen molar-refractivity contribution in [1.82, 2.24) is 14.9 Å². The maximum Gasteiger partial charge on any atom is 0.573 e. The number of benzene rings is 1. The number of carbonyl (C=O) groups is 1. The van der Waals surface area contributed by atoms with Crippen molar-refractivity contribution in [2.24, 2.45) is 0 Å². The Labute approximate surface area is 159 Å². The summed E-state index contributed by atoms with van der Waals surface area (Å²) >= 11 is 0. The number of hydrogen-bond donors (Lipinski definition) is 1. The molecule has 148 valence electrons. The maximum absolute atomic E-state index is 12.6. The van der Waals surface area contributed by atoms with E-state index in [0.29, 0.717) is 23.0 Å². The smallest absolute Gasteiger partial charge is 0.406 e. The molecule has 0 atom stereocenters. The number of nitrogens with one attached hydrogen (secondary N) is 1. The Bertz CT molecular complexity index is 862. The van der Waals surface area contributed by atoms with Crippen LogP contribution in [-0.4, -0.2) is 40.2 Å². The first-order valence-corrected chi connectivity index (χ1v) is 9.12. The zero-order valence-electron chi connectivity index (χ0n) is 15.0. The van der Waals surface area contributed by atoms with Gasteiger partial charge in [-0.2, -0.15) is 0 Å². The van der Waals surface area contributed by atoms with Crippen LogP contribution in [0.5, 0.6) is 5.75 Å². The Morgan fingerprint density at radius 2 is 1.89 bits per heavy atom. The lowest BCUT2D eigenvalue weighted by molar-refractivity contribution is -0.274. The van der Waals surface area contributed by atoms with E-state index in [1.54, 1.807) is 4.90 Å². The molecule has 2 heterocycles. The number of anilines is 1. The van der Waals surface area contributed by atoms with E-state index >= 15 is 0 Å². The third kappa shape index (κ3) is 4.52. The number of nitrogens with zero attached hydrogens (tertiary/aromatic N) is 3. The molecule has 0 bridgehead atoms. The zero-order chi connectivity index (χ0) is 19.7. The lowest BCUT2D eigenvalue weighted by Crippen LogP contribution is -2.42. The molecule has 1 saturated heterocycles. The van der Waals surface area contributed by atoms with Crippen molar-refractivity contribution in [2.75, 3.05) is 18.4 Å². The number of amides is 1. The van der Waals surface area contributed by atoms with Gasteiger partial charge in [-0.3, -0.25) is 4.79 Å². The highest BCUT2D eigenvalue weighted by Gasteiger charge is 2.32. The van der Waals surface area contributed by atoms with Crippen molar-refractivity contribution >= 4 is 11.9 Å². The number of carbonyl (C=O) groups excluding carboxylic acids is 1. The van der Waals surface area contributed by atoms with Crippen molar-refractivity contribution < 1.29 is 22.7 Å². The lowest BCUT2D eigenvalue weighted by atomic mass is 10.1. The highest BCUT2D eigenvalue weighted by molar-refractivity contribution is 5.94. The minimum atomic E-state index is -4.73. The van der Waals surface area contributed by atoms with Gasteiger partial charge in [-0.1, -0.05) is 6.07 Å². The van der Waals surface area contributed by atoms with Crippen molar-refractivity contribution in [3.8, 4) is 5.75 Å². The Morgan fingerprint density at radius 1 is 1.18 bits per heavy atom. The summed E-state index contributed by atoms with van der Waals surface area (Å²) in [7, 11) is 0. The molecule has 1 amide bonds. The second kappa shape index (κ2) is 7.29. The molecular weight excluding hydrogens is 373 g/mol. The molecular formula is C19H19F3N4O2. The summed E-state index contributed by atoms with van der Waals surface area (Å²) in [4.78, 5) is 22.1. The van der Waals surface area contributed by atoms with Crippen LogP contribution in [0.1, 0.15) is 46.7 Å². The van der Waals surface area contributed by atoms with Gasteiger partial charge in [0.1, 0.15) is 5.75 Å². The molecule has 1 N–H and O–H groups in total. The molecule has 2 aromatic rings. The topological polar surface area (TPSA) is 67.3 Å². The van der Waals surface area contributed by atoms with Gasteiger partial charge < -0.3 is 15.0 Å².